The van der Waals surface area contributed by atoms with E-state index in [4.69, 9.17) is 4.12 Å². The molecule has 0 aromatic carbocycles. The second-order valence-corrected chi connectivity index (χ2v) is 23.9. The van der Waals surface area contributed by atoms with Gasteiger partial charge < -0.3 is 4.12 Å². The molecule has 0 aliphatic heterocycles. The Morgan fingerprint density at radius 2 is 1.06 bits per heavy atom. The Hall–Kier alpha value is 0.311. The maximum atomic E-state index is 6.86. The lowest BCUT2D eigenvalue weighted by molar-refractivity contribution is 0.523. The maximum absolute atomic E-state index is 6.86. The third-order valence-corrected chi connectivity index (χ3v) is 17.6. The standard InChI is InChI=1S/C31H62OSSi3/c1-7-9-10-18-22-30-24-25-31(33-30)23-19-16-14-12-11-13-15-17-20-28-35(3,4)32-36(5,6)29-21-27-34-26-8-2/h24-25H,7-23,26-29H2,1-6H3. The zero-order chi connectivity index (χ0) is 26.5. The van der Waals surface area contributed by atoms with E-state index < -0.39 is 16.6 Å². The molecule has 0 N–H and O–H groups in total. The molecule has 1 aromatic rings. The summed E-state index contributed by atoms with van der Waals surface area (Å²) in [6.07, 6.45) is 23.7. The molecule has 1 nitrogen and oxygen atoms in total. The summed E-state index contributed by atoms with van der Waals surface area (Å²) in [5.41, 5.74) is 0. The van der Waals surface area contributed by atoms with Gasteiger partial charge in [0.1, 0.15) is 0 Å². The highest BCUT2D eigenvalue weighted by atomic mass is 32.1. The number of unbranched alkanes of at least 4 members (excludes halogenated alkanes) is 11. The fourth-order valence-corrected chi connectivity index (χ4v) is 16.7. The third-order valence-electron chi connectivity index (χ3n) is 7.31. The molecule has 2 radical (unpaired) electrons. The summed E-state index contributed by atoms with van der Waals surface area (Å²) in [4.78, 5) is 3.23. The smallest absolute Gasteiger partial charge is 0.173 e. The Bertz CT molecular complexity index is 629. The molecule has 0 aliphatic carbocycles. The molecule has 0 aliphatic rings. The summed E-state index contributed by atoms with van der Waals surface area (Å²) in [6.45, 7) is 14.5. The normalized spacial score (nSPS) is 12.5. The quantitative estimate of drug-likeness (QED) is 0.0844. The second-order valence-electron chi connectivity index (χ2n) is 12.3. The van der Waals surface area contributed by atoms with Crippen molar-refractivity contribution in [2.45, 2.75) is 173 Å². The highest BCUT2D eigenvalue weighted by Crippen LogP contribution is 2.26. The average molecular weight is 567 g/mol. The monoisotopic (exact) mass is 566 g/mol. The van der Waals surface area contributed by atoms with Crippen molar-refractivity contribution in [1.82, 2.24) is 0 Å². The highest BCUT2D eigenvalue weighted by Gasteiger charge is 2.32. The number of thiophene rings is 1. The molecule has 210 valence electrons. The van der Waals surface area contributed by atoms with Crippen LogP contribution in [0.4, 0.5) is 0 Å². The first-order chi connectivity index (χ1) is 17.3. The van der Waals surface area contributed by atoms with E-state index in [1.165, 1.54) is 143 Å². The maximum Gasteiger partial charge on any atom is 0.173 e. The lowest BCUT2D eigenvalue weighted by Crippen LogP contribution is -2.44. The summed E-state index contributed by atoms with van der Waals surface area (Å²) >= 11 is 2.08. The summed E-state index contributed by atoms with van der Waals surface area (Å²) in [5, 5.41) is 0. The van der Waals surface area contributed by atoms with Gasteiger partial charge >= 0.3 is 0 Å². The number of hydrogen-bond donors (Lipinski definition) is 0. The van der Waals surface area contributed by atoms with Crippen LogP contribution >= 0.6 is 11.3 Å². The van der Waals surface area contributed by atoms with Crippen LogP contribution in [0.2, 0.25) is 50.4 Å². The lowest BCUT2D eigenvalue weighted by Gasteiger charge is -2.34. The highest BCUT2D eigenvalue weighted by molar-refractivity contribution is 7.12. The largest absolute Gasteiger partial charge is 0.455 e. The van der Waals surface area contributed by atoms with Crippen LogP contribution in [-0.4, -0.2) is 26.2 Å². The van der Waals surface area contributed by atoms with Gasteiger partial charge in [-0.05, 0) is 76.1 Å². The van der Waals surface area contributed by atoms with Gasteiger partial charge in [-0.3, -0.25) is 0 Å². The van der Waals surface area contributed by atoms with Crippen LogP contribution in [0.5, 0.6) is 0 Å². The van der Waals surface area contributed by atoms with Gasteiger partial charge in [-0.2, -0.15) is 0 Å². The molecular formula is C31H62OSSi3. The molecule has 0 unspecified atom stereocenters. The molecule has 0 spiro atoms. The zero-order valence-electron chi connectivity index (χ0n) is 25.3. The van der Waals surface area contributed by atoms with Crippen molar-refractivity contribution in [3.05, 3.63) is 21.9 Å². The van der Waals surface area contributed by atoms with Gasteiger partial charge in [0.25, 0.3) is 0 Å². The van der Waals surface area contributed by atoms with Crippen LogP contribution in [0.25, 0.3) is 0 Å². The molecule has 0 bridgehead atoms. The number of rotatable bonds is 25. The fraction of sp³-hybridized carbons (Fsp3) is 0.871. The minimum Gasteiger partial charge on any atom is -0.455 e. The van der Waals surface area contributed by atoms with Gasteiger partial charge in [0.15, 0.2) is 16.6 Å². The van der Waals surface area contributed by atoms with Crippen LogP contribution in [0, 0.1) is 0 Å². The molecule has 5 heteroatoms. The van der Waals surface area contributed by atoms with Gasteiger partial charge in [-0.25, -0.2) is 0 Å². The van der Waals surface area contributed by atoms with Crippen molar-refractivity contribution < 1.29 is 4.12 Å². The first kappa shape index (κ1) is 34.3. The molecule has 1 rings (SSSR count). The first-order valence-corrected chi connectivity index (χ1v) is 24.2. The molecule has 0 amide bonds. The Labute approximate surface area is 236 Å². The van der Waals surface area contributed by atoms with Gasteiger partial charge in [0, 0.05) is 19.3 Å². The van der Waals surface area contributed by atoms with E-state index in [9.17, 15) is 0 Å². The molecular weight excluding hydrogens is 505 g/mol. The molecule has 0 saturated heterocycles. The third kappa shape index (κ3) is 19.4. The first-order valence-electron chi connectivity index (χ1n) is 15.8. The van der Waals surface area contributed by atoms with Crippen LogP contribution in [0.1, 0.15) is 120 Å². The minimum absolute atomic E-state index is 1.18. The molecule has 1 aromatic heterocycles. The van der Waals surface area contributed by atoms with E-state index in [1.807, 2.05) is 0 Å². The van der Waals surface area contributed by atoms with E-state index in [0.717, 1.165) is 0 Å². The van der Waals surface area contributed by atoms with Crippen molar-refractivity contribution in [3.63, 3.8) is 0 Å². The van der Waals surface area contributed by atoms with Crippen LogP contribution in [-0.2, 0) is 17.0 Å². The van der Waals surface area contributed by atoms with Gasteiger partial charge in [-0.1, -0.05) is 109 Å². The van der Waals surface area contributed by atoms with E-state index in [1.54, 1.807) is 9.75 Å². The summed E-state index contributed by atoms with van der Waals surface area (Å²) in [7, 11) is -1.76. The Morgan fingerprint density at radius 3 is 1.58 bits per heavy atom. The van der Waals surface area contributed by atoms with Crippen molar-refractivity contribution in [1.29, 1.82) is 0 Å². The van der Waals surface area contributed by atoms with Crippen molar-refractivity contribution >= 4 is 37.5 Å². The van der Waals surface area contributed by atoms with Crippen LogP contribution in [0.15, 0.2) is 12.1 Å². The van der Waals surface area contributed by atoms with Crippen molar-refractivity contribution in [2.24, 2.45) is 0 Å². The molecule has 0 atom stereocenters. The van der Waals surface area contributed by atoms with Gasteiger partial charge in [0.05, 0.1) is 0 Å². The van der Waals surface area contributed by atoms with Crippen molar-refractivity contribution in [2.75, 3.05) is 0 Å². The predicted molar refractivity (Wildman–Crippen MR) is 173 cm³/mol. The second kappa shape index (κ2) is 21.2. The minimum atomic E-state index is -1.48. The summed E-state index contributed by atoms with van der Waals surface area (Å²) in [6, 6.07) is 10.4. The fourth-order valence-electron chi connectivity index (χ4n) is 5.30. The van der Waals surface area contributed by atoms with E-state index in [-0.39, 0.29) is 0 Å². The topological polar surface area (TPSA) is 9.23 Å². The zero-order valence-corrected chi connectivity index (χ0v) is 29.1. The van der Waals surface area contributed by atoms with Crippen LogP contribution < -0.4 is 0 Å². The number of aryl methyl sites for hydroxylation is 2. The number of hydrogen-bond acceptors (Lipinski definition) is 2. The Balaban J connectivity index is 1.97. The van der Waals surface area contributed by atoms with E-state index >= 15 is 0 Å². The Morgan fingerprint density at radius 1 is 0.583 bits per heavy atom. The molecule has 0 fully saturated rings. The molecule has 0 saturated carbocycles. The van der Waals surface area contributed by atoms with Gasteiger partial charge in [0.2, 0.25) is 0 Å². The van der Waals surface area contributed by atoms with E-state index in [0.29, 0.717) is 0 Å². The van der Waals surface area contributed by atoms with Crippen LogP contribution in [0.3, 0.4) is 0 Å². The SMILES string of the molecule is CCCCCCc1ccc(CCCCCCCCCCC[Si](C)(C)O[Si](C)(C)CCC[Si]CCC)s1. The summed E-state index contributed by atoms with van der Waals surface area (Å²) in [5.74, 6) is 0. The van der Waals surface area contributed by atoms with E-state index in [2.05, 4.69) is 63.5 Å². The molecule has 36 heavy (non-hydrogen) atoms. The lowest BCUT2D eigenvalue weighted by atomic mass is 10.1. The van der Waals surface area contributed by atoms with Gasteiger partial charge in [-0.15, -0.1) is 11.3 Å². The Kier molecular flexibility index (Phi) is 20.2. The predicted octanol–water partition coefficient (Wildman–Crippen LogP) is 11.7. The molecule has 1 heterocycles. The average Bonchev–Trinajstić information content (AvgIpc) is 3.27. The van der Waals surface area contributed by atoms with Crippen molar-refractivity contribution in [3.8, 4) is 0 Å². The summed E-state index contributed by atoms with van der Waals surface area (Å²) < 4.78 is 6.86.